The van der Waals surface area contributed by atoms with E-state index in [1.807, 2.05) is 10.9 Å². The lowest BCUT2D eigenvalue weighted by Gasteiger charge is -2.25. The summed E-state index contributed by atoms with van der Waals surface area (Å²) in [4.78, 5) is 0. The molecule has 2 rings (SSSR count). The second-order valence-electron chi connectivity index (χ2n) is 2.78. The van der Waals surface area contributed by atoms with Gasteiger partial charge in [0.05, 0.1) is 24.5 Å². The quantitative estimate of drug-likeness (QED) is 0.662. The lowest BCUT2D eigenvalue weighted by molar-refractivity contribution is -0.0608. The van der Waals surface area contributed by atoms with Crippen molar-refractivity contribution >= 4 is 5.69 Å². The topological polar surface area (TPSA) is 53.1 Å². The van der Waals surface area contributed by atoms with Gasteiger partial charge in [0.2, 0.25) is 0 Å². The number of ether oxygens (including phenoxy) is 1. The van der Waals surface area contributed by atoms with Gasteiger partial charge in [-0.3, -0.25) is 4.68 Å². The van der Waals surface area contributed by atoms with Crippen LogP contribution >= 0.6 is 0 Å². The fourth-order valence-electron chi connectivity index (χ4n) is 1.12. The number of nitrogen functional groups attached to an aromatic ring is 1. The Morgan fingerprint density at radius 1 is 1.82 bits per heavy atom. The number of rotatable bonds is 2. The van der Waals surface area contributed by atoms with Gasteiger partial charge in [-0.05, 0) is 6.42 Å². The molecular formula is C7H11N3O. The van der Waals surface area contributed by atoms with Crippen molar-refractivity contribution in [3.63, 3.8) is 0 Å². The zero-order valence-electron chi connectivity index (χ0n) is 6.23. The lowest BCUT2D eigenvalue weighted by atomic mass is 10.2. The van der Waals surface area contributed by atoms with Crippen LogP contribution in [-0.2, 0) is 11.3 Å². The van der Waals surface area contributed by atoms with Crippen molar-refractivity contribution in [3.05, 3.63) is 12.4 Å². The first kappa shape index (κ1) is 6.67. The van der Waals surface area contributed by atoms with Gasteiger partial charge in [0.15, 0.2) is 0 Å². The molecule has 1 aromatic heterocycles. The van der Waals surface area contributed by atoms with Gasteiger partial charge in [-0.25, -0.2) is 0 Å². The summed E-state index contributed by atoms with van der Waals surface area (Å²) in [6.07, 6.45) is 4.97. The van der Waals surface area contributed by atoms with Gasteiger partial charge in [0.25, 0.3) is 0 Å². The molecule has 60 valence electrons. The Hall–Kier alpha value is -1.03. The van der Waals surface area contributed by atoms with E-state index in [0.717, 1.165) is 19.6 Å². The summed E-state index contributed by atoms with van der Waals surface area (Å²) in [5.74, 6) is 0. The lowest BCUT2D eigenvalue weighted by Crippen LogP contribution is -2.31. The first-order chi connectivity index (χ1) is 5.34. The smallest absolute Gasteiger partial charge is 0.0792 e. The molecular weight excluding hydrogens is 142 g/mol. The molecule has 0 bridgehead atoms. The Balaban J connectivity index is 1.95. The number of nitrogens with two attached hydrogens (primary N) is 1. The van der Waals surface area contributed by atoms with Crippen molar-refractivity contribution in [2.75, 3.05) is 12.3 Å². The molecule has 1 aliphatic rings. The van der Waals surface area contributed by atoms with Gasteiger partial charge < -0.3 is 10.5 Å². The average molecular weight is 153 g/mol. The Labute approximate surface area is 64.9 Å². The molecule has 4 heteroatoms. The maximum Gasteiger partial charge on any atom is 0.0792 e. The molecule has 1 unspecified atom stereocenters. The van der Waals surface area contributed by atoms with Crippen molar-refractivity contribution in [1.29, 1.82) is 0 Å². The van der Waals surface area contributed by atoms with Gasteiger partial charge in [-0.15, -0.1) is 0 Å². The minimum atomic E-state index is 0.356. The summed E-state index contributed by atoms with van der Waals surface area (Å²) >= 11 is 0. The molecule has 2 N–H and O–H groups in total. The molecule has 1 atom stereocenters. The Morgan fingerprint density at radius 2 is 2.64 bits per heavy atom. The van der Waals surface area contributed by atoms with Gasteiger partial charge in [-0.1, -0.05) is 0 Å². The van der Waals surface area contributed by atoms with E-state index in [-0.39, 0.29) is 0 Å². The van der Waals surface area contributed by atoms with Crippen molar-refractivity contribution in [2.24, 2.45) is 0 Å². The third-order valence-electron chi connectivity index (χ3n) is 1.84. The third kappa shape index (κ3) is 1.35. The highest BCUT2D eigenvalue weighted by Crippen LogP contribution is 2.13. The molecule has 0 radical (unpaired) electrons. The van der Waals surface area contributed by atoms with Crippen molar-refractivity contribution in [3.8, 4) is 0 Å². The van der Waals surface area contributed by atoms with E-state index in [1.165, 1.54) is 0 Å². The van der Waals surface area contributed by atoms with Crippen LogP contribution in [0.2, 0.25) is 0 Å². The first-order valence-electron chi connectivity index (χ1n) is 3.74. The van der Waals surface area contributed by atoms with Crippen LogP contribution in [0.5, 0.6) is 0 Å². The van der Waals surface area contributed by atoms with Crippen molar-refractivity contribution in [1.82, 2.24) is 9.78 Å². The van der Waals surface area contributed by atoms with Crippen LogP contribution in [0.1, 0.15) is 6.42 Å². The van der Waals surface area contributed by atoms with E-state index in [4.69, 9.17) is 10.5 Å². The van der Waals surface area contributed by atoms with Crippen molar-refractivity contribution < 1.29 is 4.74 Å². The van der Waals surface area contributed by atoms with Crippen LogP contribution in [0.15, 0.2) is 12.4 Å². The van der Waals surface area contributed by atoms with Crippen LogP contribution in [0, 0.1) is 0 Å². The Morgan fingerprint density at radius 3 is 3.09 bits per heavy atom. The Bertz CT molecular complexity index is 242. The second-order valence-corrected chi connectivity index (χ2v) is 2.78. The predicted octanol–water partition coefficient (Wildman–Crippen LogP) is 0.254. The maximum atomic E-state index is 5.49. The van der Waals surface area contributed by atoms with Crippen molar-refractivity contribution in [2.45, 2.75) is 19.1 Å². The van der Waals surface area contributed by atoms with Crippen LogP contribution in [0.3, 0.4) is 0 Å². The maximum absolute atomic E-state index is 5.49. The SMILES string of the molecule is Nc1cnn(CC2CCO2)c1. The van der Waals surface area contributed by atoms with Gasteiger partial charge in [-0.2, -0.15) is 5.10 Å². The normalized spacial score (nSPS) is 23.1. The van der Waals surface area contributed by atoms with E-state index >= 15 is 0 Å². The number of nitrogens with zero attached hydrogens (tertiary/aromatic N) is 2. The molecule has 0 amide bonds. The number of aromatic nitrogens is 2. The molecule has 4 nitrogen and oxygen atoms in total. The van der Waals surface area contributed by atoms with Gasteiger partial charge in [0, 0.05) is 12.8 Å². The highest BCUT2D eigenvalue weighted by molar-refractivity contribution is 5.30. The molecule has 11 heavy (non-hydrogen) atoms. The molecule has 1 aliphatic heterocycles. The number of hydrogen-bond acceptors (Lipinski definition) is 3. The number of hydrogen-bond donors (Lipinski definition) is 1. The summed E-state index contributed by atoms with van der Waals surface area (Å²) in [6, 6.07) is 0. The minimum absolute atomic E-state index is 0.356. The first-order valence-corrected chi connectivity index (χ1v) is 3.74. The molecule has 1 fully saturated rings. The standard InChI is InChI=1S/C7H11N3O/c8-6-3-9-10(4-6)5-7-1-2-11-7/h3-4,7H,1-2,5,8H2. The Kier molecular flexibility index (Phi) is 1.54. The second kappa shape index (κ2) is 2.54. The van der Waals surface area contributed by atoms with E-state index in [2.05, 4.69) is 5.10 Å². The summed E-state index contributed by atoms with van der Waals surface area (Å²) in [6.45, 7) is 1.72. The van der Waals surface area contributed by atoms with E-state index < -0.39 is 0 Å². The van der Waals surface area contributed by atoms with Crippen LogP contribution in [0.4, 0.5) is 5.69 Å². The summed E-state index contributed by atoms with van der Waals surface area (Å²) < 4.78 is 7.06. The predicted molar refractivity (Wildman–Crippen MR) is 41.0 cm³/mol. The zero-order chi connectivity index (χ0) is 7.68. The molecule has 2 heterocycles. The van der Waals surface area contributed by atoms with Gasteiger partial charge in [0.1, 0.15) is 0 Å². The van der Waals surface area contributed by atoms with Gasteiger partial charge >= 0.3 is 0 Å². The van der Waals surface area contributed by atoms with E-state index in [0.29, 0.717) is 11.8 Å². The summed E-state index contributed by atoms with van der Waals surface area (Å²) in [5, 5.41) is 4.05. The van der Waals surface area contributed by atoms with Crippen LogP contribution in [0.25, 0.3) is 0 Å². The van der Waals surface area contributed by atoms with E-state index in [9.17, 15) is 0 Å². The summed E-state index contributed by atoms with van der Waals surface area (Å²) in [7, 11) is 0. The van der Waals surface area contributed by atoms with E-state index in [1.54, 1.807) is 6.20 Å². The zero-order valence-corrected chi connectivity index (χ0v) is 6.23. The van der Waals surface area contributed by atoms with Crippen LogP contribution < -0.4 is 5.73 Å². The fourth-order valence-corrected chi connectivity index (χ4v) is 1.12. The molecule has 0 aromatic carbocycles. The highest BCUT2D eigenvalue weighted by Gasteiger charge is 2.18. The number of anilines is 1. The molecule has 0 aliphatic carbocycles. The fraction of sp³-hybridized carbons (Fsp3) is 0.571. The molecule has 1 saturated heterocycles. The van der Waals surface area contributed by atoms with Crippen LogP contribution in [-0.4, -0.2) is 22.5 Å². The molecule has 1 aromatic rings. The largest absolute Gasteiger partial charge is 0.396 e. The third-order valence-corrected chi connectivity index (χ3v) is 1.84. The monoisotopic (exact) mass is 153 g/mol. The minimum Gasteiger partial charge on any atom is -0.396 e. The molecule has 0 saturated carbocycles. The molecule has 0 spiro atoms. The average Bonchev–Trinajstić information content (AvgIpc) is 2.27. The summed E-state index contributed by atoms with van der Waals surface area (Å²) in [5.41, 5.74) is 6.20. The highest BCUT2D eigenvalue weighted by atomic mass is 16.5.